The first-order valence-corrected chi connectivity index (χ1v) is 7.50. The molecule has 2 rings (SSSR count). The summed E-state index contributed by atoms with van der Waals surface area (Å²) in [5.74, 6) is 0.0350. The molecule has 2 aromatic carbocycles. The van der Waals surface area contributed by atoms with Gasteiger partial charge in [0.15, 0.2) is 0 Å². The zero-order valence-electron chi connectivity index (χ0n) is 12.4. The van der Waals surface area contributed by atoms with Crippen LogP contribution in [0.25, 0.3) is 0 Å². The Morgan fingerprint density at radius 1 is 1.13 bits per heavy atom. The third-order valence-electron chi connectivity index (χ3n) is 3.06. The van der Waals surface area contributed by atoms with Crippen LogP contribution in [0.2, 0.25) is 5.02 Å². The molecule has 5 nitrogen and oxygen atoms in total. The number of nitrogens with one attached hydrogen (secondary N) is 1. The van der Waals surface area contributed by atoms with E-state index in [2.05, 4.69) is 5.32 Å². The molecular weight excluding hydrogens is 316 g/mol. The highest BCUT2D eigenvalue weighted by Crippen LogP contribution is 2.16. The Hall–Kier alpha value is -2.53. The summed E-state index contributed by atoms with van der Waals surface area (Å²) in [6.07, 6.45) is 0.887. The lowest BCUT2D eigenvalue weighted by Gasteiger charge is -2.08. The molecule has 0 atom stereocenters. The normalized spacial score (nSPS) is 10.1. The molecule has 6 heteroatoms. The SMILES string of the molecule is NC(=O)c1cccc(NC(=O)CCCOc2ccc(Cl)cc2)c1. The van der Waals surface area contributed by atoms with E-state index in [0.717, 1.165) is 0 Å². The summed E-state index contributed by atoms with van der Waals surface area (Å²) in [5, 5.41) is 3.37. The van der Waals surface area contributed by atoms with Gasteiger partial charge in [0.1, 0.15) is 5.75 Å². The molecule has 0 saturated carbocycles. The van der Waals surface area contributed by atoms with Crippen molar-refractivity contribution in [2.75, 3.05) is 11.9 Å². The van der Waals surface area contributed by atoms with E-state index < -0.39 is 5.91 Å². The van der Waals surface area contributed by atoms with Gasteiger partial charge in [0.25, 0.3) is 0 Å². The van der Waals surface area contributed by atoms with Crippen molar-refractivity contribution in [3.8, 4) is 5.75 Å². The molecule has 0 radical (unpaired) electrons. The van der Waals surface area contributed by atoms with Crippen LogP contribution in [0, 0.1) is 0 Å². The number of ether oxygens (including phenoxy) is 1. The van der Waals surface area contributed by atoms with Crippen LogP contribution >= 0.6 is 11.6 Å². The number of anilines is 1. The Morgan fingerprint density at radius 2 is 1.87 bits per heavy atom. The third-order valence-corrected chi connectivity index (χ3v) is 3.31. The highest BCUT2D eigenvalue weighted by molar-refractivity contribution is 6.30. The predicted molar refractivity (Wildman–Crippen MR) is 89.8 cm³/mol. The third kappa shape index (κ3) is 5.64. The highest BCUT2D eigenvalue weighted by atomic mass is 35.5. The Morgan fingerprint density at radius 3 is 2.57 bits per heavy atom. The van der Waals surface area contributed by atoms with Crippen LogP contribution in [0.4, 0.5) is 5.69 Å². The molecule has 0 aliphatic carbocycles. The van der Waals surface area contributed by atoms with Crippen LogP contribution in [-0.4, -0.2) is 18.4 Å². The van der Waals surface area contributed by atoms with Crippen LogP contribution in [-0.2, 0) is 4.79 Å². The molecule has 0 unspecified atom stereocenters. The van der Waals surface area contributed by atoms with Crippen molar-refractivity contribution in [1.29, 1.82) is 0 Å². The van der Waals surface area contributed by atoms with Crippen molar-refractivity contribution >= 4 is 29.1 Å². The van der Waals surface area contributed by atoms with Gasteiger partial charge in [-0.3, -0.25) is 9.59 Å². The Balaban J connectivity index is 1.74. The number of halogens is 1. The van der Waals surface area contributed by atoms with Crippen LogP contribution in [0.5, 0.6) is 5.75 Å². The van der Waals surface area contributed by atoms with Gasteiger partial charge < -0.3 is 15.8 Å². The molecule has 0 spiro atoms. The standard InChI is InChI=1S/C17H17ClN2O3/c18-13-6-8-15(9-7-13)23-10-2-5-16(21)20-14-4-1-3-12(11-14)17(19)22/h1,3-4,6-9,11H,2,5,10H2,(H2,19,22)(H,20,21). The summed E-state index contributed by atoms with van der Waals surface area (Å²) in [5.41, 5.74) is 6.10. The maximum Gasteiger partial charge on any atom is 0.248 e. The number of benzene rings is 2. The van der Waals surface area contributed by atoms with Crippen LogP contribution in [0.3, 0.4) is 0 Å². The number of carbonyl (C=O) groups is 2. The fourth-order valence-electron chi connectivity index (χ4n) is 1.93. The minimum atomic E-state index is -0.530. The fourth-order valence-corrected chi connectivity index (χ4v) is 2.05. The van der Waals surface area contributed by atoms with E-state index in [1.807, 2.05) is 0 Å². The van der Waals surface area contributed by atoms with Gasteiger partial charge in [-0.05, 0) is 48.9 Å². The lowest BCUT2D eigenvalue weighted by molar-refractivity contribution is -0.116. The minimum absolute atomic E-state index is 0.147. The lowest BCUT2D eigenvalue weighted by Crippen LogP contribution is -2.14. The van der Waals surface area contributed by atoms with Gasteiger partial charge in [0.2, 0.25) is 11.8 Å². The molecule has 0 aromatic heterocycles. The average molecular weight is 333 g/mol. The molecule has 0 heterocycles. The first-order chi connectivity index (χ1) is 11.0. The second-order valence-electron chi connectivity index (χ2n) is 4.90. The van der Waals surface area contributed by atoms with E-state index >= 15 is 0 Å². The zero-order chi connectivity index (χ0) is 16.7. The van der Waals surface area contributed by atoms with Gasteiger partial charge in [-0.15, -0.1) is 0 Å². The van der Waals surface area contributed by atoms with E-state index in [9.17, 15) is 9.59 Å². The molecular formula is C17H17ClN2O3. The number of primary amides is 1. The number of hydrogen-bond donors (Lipinski definition) is 2. The molecule has 0 bridgehead atoms. The van der Waals surface area contributed by atoms with Gasteiger partial charge in [-0.2, -0.15) is 0 Å². The Bertz CT molecular complexity index is 686. The van der Waals surface area contributed by atoms with Crippen LogP contribution in [0.1, 0.15) is 23.2 Å². The largest absolute Gasteiger partial charge is 0.494 e. The topological polar surface area (TPSA) is 81.4 Å². The van der Waals surface area contributed by atoms with E-state index in [1.54, 1.807) is 48.5 Å². The molecule has 0 saturated heterocycles. The summed E-state index contributed by atoms with van der Waals surface area (Å²) in [7, 11) is 0. The van der Waals surface area contributed by atoms with E-state index in [0.29, 0.717) is 41.5 Å². The molecule has 0 aliphatic rings. The maximum absolute atomic E-state index is 11.8. The van der Waals surface area contributed by atoms with Crippen molar-refractivity contribution in [2.45, 2.75) is 12.8 Å². The van der Waals surface area contributed by atoms with Gasteiger partial charge in [-0.25, -0.2) is 0 Å². The Labute approximate surface area is 139 Å². The van der Waals surface area contributed by atoms with Crippen molar-refractivity contribution in [3.05, 3.63) is 59.1 Å². The summed E-state index contributed by atoms with van der Waals surface area (Å²) >= 11 is 5.78. The monoisotopic (exact) mass is 332 g/mol. The first kappa shape index (κ1) is 16.8. The van der Waals surface area contributed by atoms with E-state index in [1.165, 1.54) is 0 Å². The van der Waals surface area contributed by atoms with Gasteiger partial charge >= 0.3 is 0 Å². The van der Waals surface area contributed by atoms with Gasteiger partial charge in [-0.1, -0.05) is 17.7 Å². The first-order valence-electron chi connectivity index (χ1n) is 7.12. The lowest BCUT2D eigenvalue weighted by atomic mass is 10.2. The fraction of sp³-hybridized carbons (Fsp3) is 0.176. The summed E-state index contributed by atoms with van der Waals surface area (Å²) in [6, 6.07) is 13.6. The number of amides is 2. The highest BCUT2D eigenvalue weighted by Gasteiger charge is 2.05. The molecule has 23 heavy (non-hydrogen) atoms. The molecule has 3 N–H and O–H groups in total. The van der Waals surface area contributed by atoms with Crippen LogP contribution in [0.15, 0.2) is 48.5 Å². The molecule has 2 amide bonds. The molecule has 0 fully saturated rings. The molecule has 2 aromatic rings. The average Bonchev–Trinajstić information content (AvgIpc) is 2.53. The number of rotatable bonds is 7. The number of carbonyl (C=O) groups excluding carboxylic acids is 2. The van der Waals surface area contributed by atoms with E-state index in [4.69, 9.17) is 22.1 Å². The minimum Gasteiger partial charge on any atom is -0.494 e. The summed E-state index contributed by atoms with van der Waals surface area (Å²) in [4.78, 5) is 22.9. The number of nitrogens with two attached hydrogens (primary N) is 1. The van der Waals surface area contributed by atoms with Gasteiger partial charge in [0.05, 0.1) is 6.61 Å². The van der Waals surface area contributed by atoms with Crippen LogP contribution < -0.4 is 15.8 Å². The predicted octanol–water partition coefficient (Wildman–Crippen LogP) is 3.24. The van der Waals surface area contributed by atoms with E-state index in [-0.39, 0.29) is 5.91 Å². The van der Waals surface area contributed by atoms with Crippen molar-refractivity contribution in [2.24, 2.45) is 5.73 Å². The maximum atomic E-state index is 11.8. The second-order valence-corrected chi connectivity index (χ2v) is 5.34. The zero-order valence-corrected chi connectivity index (χ0v) is 13.2. The quantitative estimate of drug-likeness (QED) is 0.764. The van der Waals surface area contributed by atoms with Crippen molar-refractivity contribution in [1.82, 2.24) is 0 Å². The summed E-state index contributed by atoms with van der Waals surface area (Å²) < 4.78 is 5.51. The van der Waals surface area contributed by atoms with Gasteiger partial charge in [0, 0.05) is 22.7 Å². The smallest absolute Gasteiger partial charge is 0.248 e. The molecule has 0 aliphatic heterocycles. The second kappa shape index (κ2) is 8.19. The van der Waals surface area contributed by atoms with Crippen molar-refractivity contribution < 1.29 is 14.3 Å². The van der Waals surface area contributed by atoms with Crippen molar-refractivity contribution in [3.63, 3.8) is 0 Å². The summed E-state index contributed by atoms with van der Waals surface area (Å²) in [6.45, 7) is 0.427. The molecule has 120 valence electrons. The number of hydrogen-bond acceptors (Lipinski definition) is 3. The Kier molecular flexibility index (Phi) is 6.00.